The van der Waals surface area contributed by atoms with Crippen LogP contribution in [0.1, 0.15) is 33.3 Å². The molecule has 1 aromatic carbocycles. The number of carbonyl (C=O) groups excluding carboxylic acids is 2. The Balaban J connectivity index is 3.01. The Morgan fingerprint density at radius 3 is 2.35 bits per heavy atom. The van der Waals surface area contributed by atoms with Gasteiger partial charge in [0.1, 0.15) is 0 Å². The first-order chi connectivity index (χ1) is 9.27. The van der Waals surface area contributed by atoms with Gasteiger partial charge in [0.15, 0.2) is 0 Å². The third kappa shape index (κ3) is 4.20. The van der Waals surface area contributed by atoms with Gasteiger partial charge in [-0.1, -0.05) is 35.9 Å². The Kier molecular flexibility index (Phi) is 5.52. The number of carbonyl (C=O) groups is 2. The fourth-order valence-electron chi connectivity index (χ4n) is 1.93. The molecule has 0 radical (unpaired) electrons. The van der Waals surface area contributed by atoms with Crippen molar-refractivity contribution in [1.29, 1.82) is 0 Å². The summed E-state index contributed by atoms with van der Waals surface area (Å²) >= 11 is 6.06. The van der Waals surface area contributed by atoms with E-state index >= 15 is 0 Å². The molecule has 4 heteroatoms. The minimum atomic E-state index is -0.574. The number of allylic oxidation sites excluding steroid dienone is 1. The average molecular weight is 294 g/mol. The Morgan fingerprint density at radius 1 is 1.25 bits per heavy atom. The highest BCUT2D eigenvalue weighted by Crippen LogP contribution is 2.20. The monoisotopic (exact) mass is 293 g/mol. The molecule has 20 heavy (non-hydrogen) atoms. The van der Waals surface area contributed by atoms with Gasteiger partial charge in [0.2, 0.25) is 5.91 Å². The van der Waals surface area contributed by atoms with E-state index in [1.54, 1.807) is 25.1 Å². The number of hydrogen-bond acceptors (Lipinski definition) is 2. The Hall–Kier alpha value is -1.61. The lowest BCUT2D eigenvalue weighted by molar-refractivity contribution is -0.147. The fraction of sp³-hybridized carbons (Fsp3) is 0.375. The van der Waals surface area contributed by atoms with Crippen molar-refractivity contribution in [2.75, 3.05) is 0 Å². The van der Waals surface area contributed by atoms with Crippen molar-refractivity contribution < 1.29 is 9.59 Å². The van der Waals surface area contributed by atoms with E-state index in [4.69, 9.17) is 11.6 Å². The summed E-state index contributed by atoms with van der Waals surface area (Å²) in [4.78, 5) is 25.8. The number of benzene rings is 1. The number of imide groups is 1. The zero-order chi connectivity index (χ0) is 15.3. The van der Waals surface area contributed by atoms with Crippen molar-refractivity contribution in [3.8, 4) is 0 Å². The van der Waals surface area contributed by atoms with Crippen LogP contribution in [0, 0.1) is 0 Å². The summed E-state index contributed by atoms with van der Waals surface area (Å²) in [7, 11) is 0. The second-order valence-corrected chi connectivity index (χ2v) is 5.91. The number of rotatable bonds is 3. The van der Waals surface area contributed by atoms with Crippen molar-refractivity contribution in [1.82, 2.24) is 4.90 Å². The summed E-state index contributed by atoms with van der Waals surface area (Å²) in [5, 5.41) is 0.535. The number of amides is 2. The van der Waals surface area contributed by atoms with E-state index in [-0.39, 0.29) is 18.2 Å². The molecule has 0 N–H and O–H groups in total. The van der Waals surface area contributed by atoms with Crippen LogP contribution in [0.15, 0.2) is 36.4 Å². The van der Waals surface area contributed by atoms with Crippen molar-refractivity contribution in [2.45, 2.75) is 39.7 Å². The highest BCUT2D eigenvalue weighted by molar-refractivity contribution is 6.31. The molecule has 0 aliphatic rings. The quantitative estimate of drug-likeness (QED) is 0.798. The maximum Gasteiger partial charge on any atom is 0.253 e. The largest absolute Gasteiger partial charge is 0.274 e. The topological polar surface area (TPSA) is 37.4 Å². The summed E-state index contributed by atoms with van der Waals surface area (Å²) in [6.45, 7) is 7.24. The summed E-state index contributed by atoms with van der Waals surface area (Å²) in [5.41, 5.74) is 0.149. The van der Waals surface area contributed by atoms with Crippen molar-refractivity contribution in [2.24, 2.45) is 0 Å². The summed E-state index contributed by atoms with van der Waals surface area (Å²) < 4.78 is 0. The first-order valence-electron chi connectivity index (χ1n) is 6.50. The van der Waals surface area contributed by atoms with Crippen molar-refractivity contribution in [3.05, 3.63) is 47.0 Å². The first-order valence-corrected chi connectivity index (χ1v) is 6.88. The van der Waals surface area contributed by atoms with Gasteiger partial charge in [0.25, 0.3) is 5.91 Å². The molecule has 108 valence electrons. The standard InChI is InChI=1S/C16H20ClNO2/c1-5-8-14(19)18(16(2,3)4)15(20)11-12-9-6-7-10-13(12)17/h5-10H,11H2,1-4H3/b8-5+. The van der Waals surface area contributed by atoms with Gasteiger partial charge >= 0.3 is 0 Å². The van der Waals surface area contributed by atoms with E-state index in [0.29, 0.717) is 5.02 Å². The predicted molar refractivity (Wildman–Crippen MR) is 81.6 cm³/mol. The zero-order valence-electron chi connectivity index (χ0n) is 12.3. The van der Waals surface area contributed by atoms with E-state index in [1.165, 1.54) is 11.0 Å². The Morgan fingerprint density at radius 2 is 1.85 bits per heavy atom. The Bertz CT molecular complexity index is 530. The van der Waals surface area contributed by atoms with E-state index in [2.05, 4.69) is 0 Å². The molecule has 0 spiro atoms. The van der Waals surface area contributed by atoms with Gasteiger partial charge in [-0.25, -0.2) is 0 Å². The SMILES string of the molecule is C/C=C/C(=O)N(C(=O)Cc1ccccc1Cl)C(C)(C)C. The van der Waals surface area contributed by atoms with Gasteiger partial charge in [0, 0.05) is 10.6 Å². The van der Waals surface area contributed by atoms with E-state index in [1.807, 2.05) is 32.9 Å². The van der Waals surface area contributed by atoms with Crippen LogP contribution < -0.4 is 0 Å². The number of hydrogen-bond donors (Lipinski definition) is 0. The maximum atomic E-state index is 12.4. The summed E-state index contributed by atoms with van der Waals surface area (Å²) in [5.74, 6) is -0.564. The van der Waals surface area contributed by atoms with Crippen LogP contribution in [0.5, 0.6) is 0 Å². The molecule has 0 unspecified atom stereocenters. The fourth-order valence-corrected chi connectivity index (χ4v) is 2.13. The van der Waals surface area contributed by atoms with Gasteiger partial charge < -0.3 is 0 Å². The molecule has 0 saturated heterocycles. The Labute approximate surface area is 125 Å². The lowest BCUT2D eigenvalue weighted by Gasteiger charge is -2.33. The molecule has 0 heterocycles. The molecule has 3 nitrogen and oxygen atoms in total. The van der Waals surface area contributed by atoms with Gasteiger partial charge in [-0.05, 0) is 45.4 Å². The molecular weight excluding hydrogens is 274 g/mol. The second kappa shape index (κ2) is 6.71. The van der Waals surface area contributed by atoms with Crippen LogP contribution in [0.3, 0.4) is 0 Å². The molecule has 0 fully saturated rings. The minimum absolute atomic E-state index is 0.111. The highest BCUT2D eigenvalue weighted by atomic mass is 35.5. The minimum Gasteiger partial charge on any atom is -0.274 e. The molecule has 1 aromatic rings. The van der Waals surface area contributed by atoms with Crippen LogP contribution in [-0.2, 0) is 16.0 Å². The van der Waals surface area contributed by atoms with Crippen molar-refractivity contribution >= 4 is 23.4 Å². The van der Waals surface area contributed by atoms with Crippen LogP contribution >= 0.6 is 11.6 Å². The molecule has 0 aliphatic carbocycles. The first kappa shape index (κ1) is 16.4. The second-order valence-electron chi connectivity index (χ2n) is 5.51. The smallest absolute Gasteiger partial charge is 0.253 e. The normalized spacial score (nSPS) is 11.7. The number of halogens is 1. The lowest BCUT2D eigenvalue weighted by Crippen LogP contribution is -2.49. The van der Waals surface area contributed by atoms with Crippen LogP contribution in [0.2, 0.25) is 5.02 Å². The third-order valence-electron chi connectivity index (χ3n) is 2.75. The zero-order valence-corrected chi connectivity index (χ0v) is 13.1. The van der Waals surface area contributed by atoms with Crippen LogP contribution in [-0.4, -0.2) is 22.3 Å². The molecule has 0 saturated carbocycles. The van der Waals surface area contributed by atoms with Gasteiger partial charge in [-0.15, -0.1) is 0 Å². The third-order valence-corrected chi connectivity index (χ3v) is 3.12. The lowest BCUT2D eigenvalue weighted by atomic mass is 10.0. The molecule has 0 bridgehead atoms. The molecule has 0 aromatic heterocycles. The molecular formula is C16H20ClNO2. The molecule has 1 rings (SSSR count). The summed E-state index contributed by atoms with van der Waals surface area (Å²) in [6.07, 6.45) is 3.14. The predicted octanol–water partition coefficient (Wildman–Crippen LogP) is 3.61. The summed E-state index contributed by atoms with van der Waals surface area (Å²) in [6, 6.07) is 7.16. The number of nitrogens with zero attached hydrogens (tertiary/aromatic N) is 1. The van der Waals surface area contributed by atoms with E-state index in [9.17, 15) is 9.59 Å². The van der Waals surface area contributed by atoms with Gasteiger partial charge in [-0.3, -0.25) is 14.5 Å². The van der Waals surface area contributed by atoms with Crippen LogP contribution in [0.25, 0.3) is 0 Å². The highest BCUT2D eigenvalue weighted by Gasteiger charge is 2.31. The van der Waals surface area contributed by atoms with E-state index < -0.39 is 5.54 Å². The molecule has 0 aliphatic heterocycles. The molecule has 2 amide bonds. The average Bonchev–Trinajstić information content (AvgIpc) is 2.30. The molecule has 0 atom stereocenters. The van der Waals surface area contributed by atoms with Crippen molar-refractivity contribution in [3.63, 3.8) is 0 Å². The maximum absolute atomic E-state index is 12.4. The van der Waals surface area contributed by atoms with Crippen LogP contribution in [0.4, 0.5) is 0 Å². The van der Waals surface area contributed by atoms with Gasteiger partial charge in [0.05, 0.1) is 6.42 Å². The van der Waals surface area contributed by atoms with Gasteiger partial charge in [-0.2, -0.15) is 0 Å². The van der Waals surface area contributed by atoms with E-state index in [0.717, 1.165) is 5.56 Å².